The first-order valence-electron chi connectivity index (χ1n) is 8.57. The molecule has 1 amide bonds. The number of hydrogen-bond donors (Lipinski definition) is 0. The summed E-state index contributed by atoms with van der Waals surface area (Å²) in [7, 11) is 0. The summed E-state index contributed by atoms with van der Waals surface area (Å²) in [5, 5.41) is 10.9. The van der Waals surface area contributed by atoms with E-state index in [1.54, 1.807) is 23.1 Å². The predicted octanol–water partition coefficient (Wildman–Crippen LogP) is 1.91. The Morgan fingerprint density at radius 2 is 2.16 bits per heavy atom. The number of ether oxygens (including phenoxy) is 1. The van der Waals surface area contributed by atoms with Crippen molar-refractivity contribution in [3.63, 3.8) is 0 Å². The number of tetrazole rings is 1. The van der Waals surface area contributed by atoms with Crippen LogP contribution in [0, 0.1) is 11.7 Å². The van der Waals surface area contributed by atoms with E-state index >= 15 is 0 Å². The molecule has 1 fully saturated rings. The Hall–Kier alpha value is -2.51. The van der Waals surface area contributed by atoms with Crippen LogP contribution in [0.4, 0.5) is 4.39 Å². The molecule has 1 aliphatic rings. The van der Waals surface area contributed by atoms with Crippen LogP contribution >= 0.6 is 0 Å². The second-order valence-corrected chi connectivity index (χ2v) is 6.29. The molecule has 8 heteroatoms. The molecule has 0 radical (unpaired) electrons. The van der Waals surface area contributed by atoms with Crippen LogP contribution in [0.1, 0.15) is 25.7 Å². The third kappa shape index (κ3) is 5.23. The maximum atomic E-state index is 12.9. The number of aryl methyl sites for hydroxylation is 1. The quantitative estimate of drug-likeness (QED) is 0.765. The van der Waals surface area contributed by atoms with Crippen LogP contribution in [0.5, 0.6) is 5.75 Å². The van der Waals surface area contributed by atoms with Crippen LogP contribution < -0.4 is 4.74 Å². The number of rotatable bonds is 7. The average Bonchev–Trinajstić information content (AvgIpc) is 3.15. The number of carbonyl (C=O) groups is 1. The van der Waals surface area contributed by atoms with Gasteiger partial charge in [0.15, 0.2) is 0 Å². The van der Waals surface area contributed by atoms with Gasteiger partial charge in [0, 0.05) is 32.0 Å². The van der Waals surface area contributed by atoms with E-state index < -0.39 is 0 Å². The zero-order chi connectivity index (χ0) is 17.5. The molecule has 1 saturated heterocycles. The van der Waals surface area contributed by atoms with Crippen molar-refractivity contribution in [1.29, 1.82) is 0 Å². The first-order chi connectivity index (χ1) is 12.2. The molecule has 25 heavy (non-hydrogen) atoms. The molecule has 1 aromatic carbocycles. The van der Waals surface area contributed by atoms with Gasteiger partial charge in [-0.15, -0.1) is 5.10 Å². The second kappa shape index (κ2) is 8.55. The molecule has 0 N–H and O–H groups in total. The van der Waals surface area contributed by atoms with Gasteiger partial charge in [0.05, 0.1) is 6.61 Å². The number of nitrogens with zero attached hydrogens (tertiary/aromatic N) is 5. The van der Waals surface area contributed by atoms with E-state index in [1.165, 1.54) is 12.1 Å². The van der Waals surface area contributed by atoms with Gasteiger partial charge in [-0.3, -0.25) is 4.79 Å². The molecule has 1 aliphatic heterocycles. The smallest absolute Gasteiger partial charge is 0.222 e. The van der Waals surface area contributed by atoms with Gasteiger partial charge in [0.25, 0.3) is 0 Å². The molecule has 0 aliphatic carbocycles. The maximum Gasteiger partial charge on any atom is 0.222 e. The molecule has 2 aromatic rings. The number of aromatic nitrogens is 4. The molecule has 2 heterocycles. The number of piperidine rings is 1. The number of carbonyl (C=O) groups excluding carboxylic acids is 1. The van der Waals surface area contributed by atoms with Crippen LogP contribution in [0.15, 0.2) is 30.6 Å². The summed E-state index contributed by atoms with van der Waals surface area (Å²) in [6, 6.07) is 6.02. The minimum Gasteiger partial charge on any atom is -0.493 e. The lowest BCUT2D eigenvalue weighted by Crippen LogP contribution is -2.41. The highest BCUT2D eigenvalue weighted by molar-refractivity contribution is 5.76. The summed E-state index contributed by atoms with van der Waals surface area (Å²) in [5.74, 6) is 0.858. The van der Waals surface area contributed by atoms with Crippen LogP contribution in [0.25, 0.3) is 0 Å². The molecule has 0 saturated carbocycles. The monoisotopic (exact) mass is 347 g/mol. The summed E-state index contributed by atoms with van der Waals surface area (Å²) >= 11 is 0. The Bertz CT molecular complexity index is 662. The highest BCUT2D eigenvalue weighted by atomic mass is 19.1. The van der Waals surface area contributed by atoms with Crippen molar-refractivity contribution in [3.05, 3.63) is 36.4 Å². The van der Waals surface area contributed by atoms with Crippen molar-refractivity contribution in [2.75, 3.05) is 19.7 Å². The van der Waals surface area contributed by atoms with E-state index in [0.29, 0.717) is 37.8 Å². The lowest BCUT2D eigenvalue weighted by molar-refractivity contribution is -0.133. The predicted molar refractivity (Wildman–Crippen MR) is 88.3 cm³/mol. The number of halogens is 1. The van der Waals surface area contributed by atoms with Gasteiger partial charge in [-0.05, 0) is 54.0 Å². The zero-order valence-corrected chi connectivity index (χ0v) is 14.1. The fraction of sp³-hybridized carbons (Fsp3) is 0.529. The minimum atomic E-state index is -0.275. The van der Waals surface area contributed by atoms with Crippen LogP contribution in [-0.4, -0.2) is 50.7 Å². The van der Waals surface area contributed by atoms with Crippen LogP contribution in [-0.2, 0) is 11.3 Å². The van der Waals surface area contributed by atoms with Gasteiger partial charge >= 0.3 is 0 Å². The van der Waals surface area contributed by atoms with Gasteiger partial charge in [0.2, 0.25) is 5.91 Å². The fourth-order valence-electron chi connectivity index (χ4n) is 3.01. The van der Waals surface area contributed by atoms with E-state index in [0.717, 1.165) is 25.8 Å². The molecular weight excluding hydrogens is 325 g/mol. The average molecular weight is 347 g/mol. The second-order valence-electron chi connectivity index (χ2n) is 6.29. The van der Waals surface area contributed by atoms with E-state index in [4.69, 9.17) is 4.74 Å². The number of benzene rings is 1. The van der Waals surface area contributed by atoms with Crippen molar-refractivity contribution < 1.29 is 13.9 Å². The number of likely N-dealkylation sites (tertiary alicyclic amines) is 1. The molecule has 3 rings (SSSR count). The Balaban J connectivity index is 1.40. The van der Waals surface area contributed by atoms with Crippen molar-refractivity contribution in [3.8, 4) is 5.75 Å². The van der Waals surface area contributed by atoms with Crippen molar-refractivity contribution in [1.82, 2.24) is 25.1 Å². The molecule has 7 nitrogen and oxygen atoms in total. The third-order valence-electron chi connectivity index (χ3n) is 4.34. The maximum absolute atomic E-state index is 12.9. The van der Waals surface area contributed by atoms with Crippen LogP contribution in [0.2, 0.25) is 0 Å². The first-order valence-corrected chi connectivity index (χ1v) is 8.57. The van der Waals surface area contributed by atoms with E-state index in [2.05, 4.69) is 15.5 Å². The molecular formula is C17H22FN5O2. The normalized spacial score (nSPS) is 17.5. The molecule has 1 unspecified atom stereocenters. The SMILES string of the molecule is O=C(CCCn1cnnn1)N1CCCC(COc2ccc(F)cc2)C1. The summed E-state index contributed by atoms with van der Waals surface area (Å²) in [5.41, 5.74) is 0. The lowest BCUT2D eigenvalue weighted by Gasteiger charge is -2.32. The molecule has 134 valence electrons. The van der Waals surface area contributed by atoms with Crippen molar-refractivity contribution in [2.24, 2.45) is 5.92 Å². The molecule has 0 bridgehead atoms. The van der Waals surface area contributed by atoms with Gasteiger partial charge in [-0.1, -0.05) is 0 Å². The first kappa shape index (κ1) is 17.3. The van der Waals surface area contributed by atoms with Gasteiger partial charge < -0.3 is 9.64 Å². The molecule has 1 atom stereocenters. The third-order valence-corrected chi connectivity index (χ3v) is 4.34. The Kier molecular flexibility index (Phi) is 5.92. The Morgan fingerprint density at radius 3 is 2.92 bits per heavy atom. The number of hydrogen-bond acceptors (Lipinski definition) is 5. The zero-order valence-electron chi connectivity index (χ0n) is 14.1. The van der Waals surface area contributed by atoms with Gasteiger partial charge in [-0.25, -0.2) is 9.07 Å². The summed E-state index contributed by atoms with van der Waals surface area (Å²) in [6.45, 7) is 2.70. The summed E-state index contributed by atoms with van der Waals surface area (Å²) < 4.78 is 20.3. The highest BCUT2D eigenvalue weighted by Crippen LogP contribution is 2.20. The van der Waals surface area contributed by atoms with E-state index in [9.17, 15) is 9.18 Å². The molecule has 0 spiro atoms. The lowest BCUT2D eigenvalue weighted by atomic mass is 9.98. The summed E-state index contributed by atoms with van der Waals surface area (Å²) in [4.78, 5) is 14.3. The van der Waals surface area contributed by atoms with Gasteiger partial charge in [-0.2, -0.15) is 0 Å². The Morgan fingerprint density at radius 1 is 1.32 bits per heavy atom. The largest absolute Gasteiger partial charge is 0.493 e. The van der Waals surface area contributed by atoms with E-state index in [-0.39, 0.29) is 11.7 Å². The molecule has 1 aromatic heterocycles. The summed E-state index contributed by atoms with van der Waals surface area (Å²) in [6.07, 6.45) is 4.78. The highest BCUT2D eigenvalue weighted by Gasteiger charge is 2.23. The number of amides is 1. The fourth-order valence-corrected chi connectivity index (χ4v) is 3.01. The van der Waals surface area contributed by atoms with E-state index in [1.807, 2.05) is 4.90 Å². The minimum absolute atomic E-state index is 0.166. The topological polar surface area (TPSA) is 73.1 Å². The van der Waals surface area contributed by atoms with Gasteiger partial charge in [0.1, 0.15) is 17.9 Å². The standard InChI is InChI=1S/C17H22FN5O2/c18-15-5-7-16(8-6-15)25-12-14-3-1-9-22(11-14)17(24)4-2-10-23-13-19-20-21-23/h5-8,13-14H,1-4,9-12H2. The Labute approximate surface area is 145 Å². The van der Waals surface area contributed by atoms with Crippen LogP contribution in [0.3, 0.4) is 0 Å². The van der Waals surface area contributed by atoms with Crippen molar-refractivity contribution in [2.45, 2.75) is 32.2 Å². The van der Waals surface area contributed by atoms with Crippen molar-refractivity contribution >= 4 is 5.91 Å².